The minimum Gasteiger partial charge on any atom is -0.486 e. The summed E-state index contributed by atoms with van der Waals surface area (Å²) in [5.74, 6) is -0.635. The number of carboxylic acids is 1. The molecule has 1 aromatic rings. The number of benzene rings is 1. The number of carboxylic acid groups (broad SMARTS) is 1. The molecule has 0 aliphatic carbocycles. The van der Waals surface area contributed by atoms with Gasteiger partial charge in [0, 0.05) is 6.61 Å². The van der Waals surface area contributed by atoms with Crippen LogP contribution in [0.15, 0.2) is 18.2 Å². The molecule has 0 fully saturated rings. The topological polar surface area (TPSA) is 81.8 Å². The maximum absolute atomic E-state index is 10.8. The Morgan fingerprint density at radius 3 is 2.82 bits per heavy atom. The number of rotatable bonds is 6. The van der Waals surface area contributed by atoms with E-state index >= 15 is 0 Å². The highest BCUT2D eigenvalue weighted by atomic mass is 16.5. The first-order valence-electron chi connectivity index (χ1n) is 5.41. The third-order valence-electron chi connectivity index (χ3n) is 2.15. The Morgan fingerprint density at radius 2 is 2.24 bits per heavy atom. The van der Waals surface area contributed by atoms with Crippen molar-refractivity contribution in [3.05, 3.63) is 23.8 Å². The second-order valence-corrected chi connectivity index (χ2v) is 3.65. The number of nitrogens with two attached hydrogens (primary N) is 1. The molecule has 0 saturated heterocycles. The van der Waals surface area contributed by atoms with E-state index in [2.05, 4.69) is 0 Å². The number of nitrogen functional groups attached to an aromatic ring is 1. The molecule has 0 radical (unpaired) electrons. The number of hydrogen-bond acceptors (Lipinski definition) is 4. The van der Waals surface area contributed by atoms with Crippen LogP contribution in [0.1, 0.15) is 24.2 Å². The third-order valence-corrected chi connectivity index (χ3v) is 2.15. The van der Waals surface area contributed by atoms with E-state index in [9.17, 15) is 4.79 Å². The maximum atomic E-state index is 10.8. The summed E-state index contributed by atoms with van der Waals surface area (Å²) in [5.41, 5.74) is 6.27. The van der Waals surface area contributed by atoms with Gasteiger partial charge >= 0.3 is 5.97 Å². The minimum absolute atomic E-state index is 0.151. The van der Waals surface area contributed by atoms with Gasteiger partial charge in [0.1, 0.15) is 11.9 Å². The Morgan fingerprint density at radius 1 is 1.53 bits per heavy atom. The van der Waals surface area contributed by atoms with Crippen molar-refractivity contribution in [2.75, 3.05) is 18.9 Å². The molecule has 1 aromatic carbocycles. The van der Waals surface area contributed by atoms with Crippen LogP contribution < -0.4 is 10.5 Å². The van der Waals surface area contributed by atoms with Crippen LogP contribution in [-0.4, -0.2) is 30.4 Å². The quantitative estimate of drug-likeness (QED) is 0.739. The molecule has 1 unspecified atom stereocenters. The van der Waals surface area contributed by atoms with Crippen LogP contribution in [0.3, 0.4) is 0 Å². The van der Waals surface area contributed by atoms with Crippen LogP contribution >= 0.6 is 0 Å². The monoisotopic (exact) mass is 239 g/mol. The first-order chi connectivity index (χ1) is 8.04. The van der Waals surface area contributed by atoms with E-state index in [1.165, 1.54) is 18.2 Å². The van der Waals surface area contributed by atoms with E-state index in [-0.39, 0.29) is 11.7 Å². The Balaban J connectivity index is 2.75. The molecule has 0 saturated carbocycles. The normalized spacial score (nSPS) is 12.1. The zero-order valence-corrected chi connectivity index (χ0v) is 9.97. The lowest BCUT2D eigenvalue weighted by atomic mass is 10.2. The summed E-state index contributed by atoms with van der Waals surface area (Å²) in [6.07, 6.45) is -0.179. The van der Waals surface area contributed by atoms with Gasteiger partial charge in [-0.1, -0.05) is 0 Å². The molecule has 0 amide bonds. The highest BCUT2D eigenvalue weighted by Crippen LogP contribution is 2.24. The van der Waals surface area contributed by atoms with Crippen molar-refractivity contribution in [3.63, 3.8) is 0 Å². The van der Waals surface area contributed by atoms with Crippen LogP contribution in [0.4, 0.5) is 5.69 Å². The van der Waals surface area contributed by atoms with E-state index in [0.717, 1.165) is 0 Å². The Kier molecular flexibility index (Phi) is 4.78. The lowest BCUT2D eigenvalue weighted by Gasteiger charge is -2.16. The molecule has 0 heterocycles. The molecular weight excluding hydrogens is 222 g/mol. The van der Waals surface area contributed by atoms with Gasteiger partial charge in [-0.2, -0.15) is 0 Å². The largest absolute Gasteiger partial charge is 0.486 e. The molecule has 5 heteroatoms. The average molecular weight is 239 g/mol. The third kappa shape index (κ3) is 3.96. The molecule has 17 heavy (non-hydrogen) atoms. The van der Waals surface area contributed by atoms with E-state index in [1.54, 1.807) is 0 Å². The smallest absolute Gasteiger partial charge is 0.335 e. The molecule has 0 spiro atoms. The number of carbonyl (C=O) groups is 1. The van der Waals surface area contributed by atoms with Crippen molar-refractivity contribution >= 4 is 11.7 Å². The van der Waals surface area contributed by atoms with E-state index in [1.807, 2.05) is 13.8 Å². The molecule has 0 aliphatic rings. The fraction of sp³-hybridized carbons (Fsp3) is 0.417. The van der Waals surface area contributed by atoms with Gasteiger partial charge in [0.2, 0.25) is 0 Å². The van der Waals surface area contributed by atoms with Crippen molar-refractivity contribution in [2.45, 2.75) is 20.0 Å². The maximum Gasteiger partial charge on any atom is 0.335 e. The van der Waals surface area contributed by atoms with Crippen LogP contribution in [0.2, 0.25) is 0 Å². The van der Waals surface area contributed by atoms with Crippen molar-refractivity contribution in [2.24, 2.45) is 0 Å². The molecule has 1 atom stereocenters. The van der Waals surface area contributed by atoms with E-state index in [0.29, 0.717) is 24.7 Å². The lowest BCUT2D eigenvalue weighted by molar-refractivity contribution is 0.0653. The van der Waals surface area contributed by atoms with Crippen molar-refractivity contribution < 1.29 is 19.4 Å². The Hall–Kier alpha value is -1.75. The zero-order chi connectivity index (χ0) is 12.8. The van der Waals surface area contributed by atoms with Crippen molar-refractivity contribution in [1.29, 1.82) is 0 Å². The number of ether oxygens (including phenoxy) is 2. The van der Waals surface area contributed by atoms with Crippen LogP contribution in [0.25, 0.3) is 0 Å². The molecule has 94 valence electrons. The van der Waals surface area contributed by atoms with Crippen LogP contribution in [0, 0.1) is 0 Å². The summed E-state index contributed by atoms with van der Waals surface area (Å²) in [4.78, 5) is 10.8. The van der Waals surface area contributed by atoms with Crippen LogP contribution in [-0.2, 0) is 4.74 Å². The number of anilines is 1. The summed E-state index contributed by atoms with van der Waals surface area (Å²) >= 11 is 0. The fourth-order valence-corrected chi connectivity index (χ4v) is 1.30. The van der Waals surface area contributed by atoms with Crippen molar-refractivity contribution in [1.82, 2.24) is 0 Å². The predicted molar refractivity (Wildman–Crippen MR) is 64.4 cm³/mol. The molecule has 3 N–H and O–H groups in total. The summed E-state index contributed by atoms with van der Waals surface area (Å²) in [6.45, 7) is 4.78. The minimum atomic E-state index is -1.01. The van der Waals surface area contributed by atoms with Crippen molar-refractivity contribution in [3.8, 4) is 5.75 Å². The van der Waals surface area contributed by atoms with Crippen LogP contribution in [0.5, 0.6) is 5.75 Å². The van der Waals surface area contributed by atoms with Gasteiger partial charge < -0.3 is 20.3 Å². The first-order valence-corrected chi connectivity index (χ1v) is 5.41. The Bertz CT molecular complexity index is 392. The number of hydrogen-bond donors (Lipinski definition) is 2. The molecule has 0 aliphatic heterocycles. The van der Waals surface area contributed by atoms with Gasteiger partial charge in [0.05, 0.1) is 17.9 Å². The van der Waals surface area contributed by atoms with Gasteiger partial charge in [0.15, 0.2) is 0 Å². The van der Waals surface area contributed by atoms with Gasteiger partial charge in [-0.15, -0.1) is 0 Å². The molecule has 0 bridgehead atoms. The second kappa shape index (κ2) is 6.10. The molecular formula is C12H17NO4. The van der Waals surface area contributed by atoms with Gasteiger partial charge in [-0.25, -0.2) is 4.79 Å². The fourth-order valence-electron chi connectivity index (χ4n) is 1.30. The van der Waals surface area contributed by atoms with E-state index < -0.39 is 5.97 Å². The molecule has 5 nitrogen and oxygen atoms in total. The van der Waals surface area contributed by atoms with Gasteiger partial charge in [-0.3, -0.25) is 0 Å². The molecule has 1 rings (SSSR count). The summed E-state index contributed by atoms with van der Waals surface area (Å²) in [6, 6.07) is 4.38. The standard InChI is InChI=1S/C12H17NO4/c1-3-16-7-8(2)17-11-6-9(12(14)15)4-5-10(11)13/h4-6,8H,3,7,13H2,1-2H3,(H,14,15). The average Bonchev–Trinajstić information content (AvgIpc) is 2.29. The summed E-state index contributed by atoms with van der Waals surface area (Å²) < 4.78 is 10.7. The van der Waals surface area contributed by atoms with Gasteiger partial charge in [0.25, 0.3) is 0 Å². The summed E-state index contributed by atoms with van der Waals surface area (Å²) in [7, 11) is 0. The first kappa shape index (κ1) is 13.3. The van der Waals surface area contributed by atoms with Gasteiger partial charge in [-0.05, 0) is 32.0 Å². The second-order valence-electron chi connectivity index (χ2n) is 3.65. The SMILES string of the molecule is CCOCC(C)Oc1cc(C(=O)O)ccc1N. The Labute approximate surface area is 100 Å². The number of aromatic carboxylic acids is 1. The zero-order valence-electron chi connectivity index (χ0n) is 9.97. The highest BCUT2D eigenvalue weighted by Gasteiger charge is 2.10. The predicted octanol–water partition coefficient (Wildman–Crippen LogP) is 1.77. The molecule has 0 aromatic heterocycles. The van der Waals surface area contributed by atoms with E-state index in [4.69, 9.17) is 20.3 Å². The highest BCUT2D eigenvalue weighted by molar-refractivity contribution is 5.89. The summed E-state index contributed by atoms with van der Waals surface area (Å²) in [5, 5.41) is 8.85. The lowest BCUT2D eigenvalue weighted by Crippen LogP contribution is -2.19.